The maximum atomic E-state index is 12.3. The molecule has 0 aliphatic carbocycles. The number of para-hydroxylation sites is 2. The smallest absolute Gasteiger partial charge is 0.444 e. The standard InChI is InChI=1S/C21H22F3N5O3/c1-20(2,3)32-19(30)26-18-7-5-4-6-17(18)25-12-14-13-29(28-27-14)15-8-10-16(11-9-15)31-21(22,23)24/h4-11,13-14H,12H2,1-3H3,(H-,25,26,27,28,30)/p+1. The molecule has 1 unspecified atom stereocenters. The summed E-state index contributed by atoms with van der Waals surface area (Å²) in [6.45, 7) is 5.71. The highest BCUT2D eigenvalue weighted by Crippen LogP contribution is 2.26. The molecule has 2 aromatic carbocycles. The number of rotatable bonds is 6. The molecule has 1 heterocycles. The van der Waals surface area contributed by atoms with Crippen LogP contribution in [0.15, 0.2) is 58.9 Å². The van der Waals surface area contributed by atoms with Crippen molar-refractivity contribution in [2.24, 2.45) is 10.3 Å². The van der Waals surface area contributed by atoms with E-state index in [0.29, 0.717) is 23.6 Å². The summed E-state index contributed by atoms with van der Waals surface area (Å²) >= 11 is 0. The third-order valence-corrected chi connectivity index (χ3v) is 4.01. The maximum absolute atomic E-state index is 12.3. The van der Waals surface area contributed by atoms with Crippen molar-refractivity contribution in [3.63, 3.8) is 0 Å². The molecule has 2 N–H and O–H groups in total. The van der Waals surface area contributed by atoms with E-state index >= 15 is 0 Å². The number of anilines is 2. The van der Waals surface area contributed by atoms with Crippen molar-refractivity contribution in [1.29, 1.82) is 0 Å². The third-order valence-electron chi connectivity index (χ3n) is 4.01. The van der Waals surface area contributed by atoms with Crippen molar-refractivity contribution in [3.8, 4) is 5.75 Å². The highest BCUT2D eigenvalue weighted by Gasteiger charge is 2.31. The quantitative estimate of drug-likeness (QED) is 0.569. The van der Waals surface area contributed by atoms with Gasteiger partial charge in [0.2, 0.25) is 6.04 Å². The van der Waals surface area contributed by atoms with Gasteiger partial charge >= 0.3 is 12.5 Å². The lowest BCUT2D eigenvalue weighted by Gasteiger charge is -2.20. The molecular weight excluding hydrogens is 427 g/mol. The van der Waals surface area contributed by atoms with Gasteiger partial charge in [0, 0.05) is 5.11 Å². The summed E-state index contributed by atoms with van der Waals surface area (Å²) in [4.78, 5) is 12.1. The van der Waals surface area contributed by atoms with Gasteiger partial charge in [-0.1, -0.05) is 12.1 Å². The first kappa shape index (κ1) is 23.0. The predicted molar refractivity (Wildman–Crippen MR) is 113 cm³/mol. The molecule has 0 aromatic heterocycles. The molecule has 170 valence electrons. The minimum absolute atomic E-state index is 0.315. The zero-order chi connectivity index (χ0) is 23.4. The van der Waals surface area contributed by atoms with E-state index in [0.717, 1.165) is 0 Å². The van der Waals surface area contributed by atoms with E-state index in [4.69, 9.17) is 4.74 Å². The van der Waals surface area contributed by atoms with Crippen LogP contribution in [0.2, 0.25) is 0 Å². The van der Waals surface area contributed by atoms with Crippen LogP contribution in [0, 0.1) is 0 Å². The number of carbonyl (C=O) groups excluding carboxylic acids is 1. The molecule has 0 fully saturated rings. The molecule has 1 amide bonds. The Morgan fingerprint density at radius 3 is 2.34 bits per heavy atom. The largest absolute Gasteiger partial charge is 0.573 e. The van der Waals surface area contributed by atoms with E-state index in [1.54, 1.807) is 45.2 Å². The summed E-state index contributed by atoms with van der Waals surface area (Å²) < 4.78 is 47.4. The summed E-state index contributed by atoms with van der Waals surface area (Å²) in [6.07, 6.45) is -3.59. The molecule has 1 atom stereocenters. The Bertz CT molecular complexity index is 1010. The predicted octanol–water partition coefficient (Wildman–Crippen LogP) is 5.51. The zero-order valence-electron chi connectivity index (χ0n) is 17.7. The van der Waals surface area contributed by atoms with Crippen LogP contribution in [-0.4, -0.2) is 41.5 Å². The van der Waals surface area contributed by atoms with Crippen molar-refractivity contribution < 1.29 is 32.1 Å². The number of halogens is 3. The fourth-order valence-corrected chi connectivity index (χ4v) is 2.75. The van der Waals surface area contributed by atoms with Gasteiger partial charge in [0.15, 0.2) is 11.9 Å². The van der Waals surface area contributed by atoms with Crippen molar-refractivity contribution in [3.05, 3.63) is 48.5 Å². The molecule has 0 saturated carbocycles. The number of hydrogen-bond acceptors (Lipinski definition) is 6. The molecule has 32 heavy (non-hydrogen) atoms. The summed E-state index contributed by atoms with van der Waals surface area (Å²) in [5, 5.41) is 14.1. The fraction of sp³-hybridized carbons (Fsp3) is 0.333. The van der Waals surface area contributed by atoms with Crippen molar-refractivity contribution in [1.82, 2.24) is 0 Å². The lowest BCUT2D eigenvalue weighted by molar-refractivity contribution is -0.444. The molecule has 0 spiro atoms. The highest BCUT2D eigenvalue weighted by atomic mass is 19.4. The monoisotopic (exact) mass is 450 g/mol. The lowest BCUT2D eigenvalue weighted by atomic mass is 10.2. The Labute approximate surface area is 182 Å². The number of nitrogens with one attached hydrogen (secondary N) is 2. The van der Waals surface area contributed by atoms with Crippen LogP contribution in [0.5, 0.6) is 5.75 Å². The second-order valence-electron chi connectivity index (χ2n) is 7.86. The minimum atomic E-state index is -4.74. The van der Waals surface area contributed by atoms with E-state index in [1.807, 2.05) is 6.07 Å². The van der Waals surface area contributed by atoms with Crippen LogP contribution in [-0.2, 0) is 4.74 Å². The number of hydrogen-bond donors (Lipinski definition) is 2. The van der Waals surface area contributed by atoms with Gasteiger partial charge in [-0.3, -0.25) is 5.32 Å². The first-order valence-electron chi connectivity index (χ1n) is 9.72. The van der Waals surface area contributed by atoms with E-state index in [9.17, 15) is 18.0 Å². The third kappa shape index (κ3) is 6.96. The SMILES string of the molecule is CC(C)(C)OC(=O)Nc1ccccc1NCC1C=[N+](c2ccc(OC(F)(F)F)cc2)N=N1. The van der Waals surface area contributed by atoms with Crippen molar-refractivity contribution in [2.75, 3.05) is 17.2 Å². The first-order chi connectivity index (χ1) is 15.0. The Balaban J connectivity index is 1.60. The molecule has 11 heteroatoms. The Hall–Kier alpha value is -3.63. The second kappa shape index (κ2) is 9.25. The normalized spacial score (nSPS) is 15.8. The van der Waals surface area contributed by atoms with E-state index in [1.165, 1.54) is 28.9 Å². The molecule has 0 radical (unpaired) electrons. The Morgan fingerprint density at radius 2 is 1.72 bits per heavy atom. The van der Waals surface area contributed by atoms with E-state index in [2.05, 4.69) is 25.7 Å². The lowest BCUT2D eigenvalue weighted by Crippen LogP contribution is -2.27. The van der Waals surface area contributed by atoms with Crippen LogP contribution in [0.4, 0.5) is 35.0 Å². The fourth-order valence-electron chi connectivity index (χ4n) is 2.75. The summed E-state index contributed by atoms with van der Waals surface area (Å²) in [5.74, 6) is -0.315. The van der Waals surface area contributed by atoms with Crippen molar-refractivity contribution >= 4 is 29.4 Å². The number of nitrogens with zero attached hydrogens (tertiary/aromatic N) is 3. The van der Waals surface area contributed by atoms with Gasteiger partial charge in [-0.05, 0) is 57.2 Å². The number of amides is 1. The number of alkyl halides is 3. The van der Waals surface area contributed by atoms with E-state index in [-0.39, 0.29) is 11.8 Å². The van der Waals surface area contributed by atoms with Crippen molar-refractivity contribution in [2.45, 2.75) is 38.8 Å². The van der Waals surface area contributed by atoms with Gasteiger partial charge < -0.3 is 14.8 Å². The van der Waals surface area contributed by atoms with E-state index < -0.39 is 18.1 Å². The highest BCUT2D eigenvalue weighted by molar-refractivity contribution is 5.89. The average Bonchev–Trinajstić information content (AvgIpc) is 3.14. The van der Waals surface area contributed by atoms with Crippen LogP contribution in [0.1, 0.15) is 20.8 Å². The first-order valence-corrected chi connectivity index (χ1v) is 9.72. The molecule has 1 aliphatic heterocycles. The molecule has 0 saturated heterocycles. The molecule has 0 bridgehead atoms. The van der Waals surface area contributed by atoms with Gasteiger partial charge in [0.05, 0.1) is 17.9 Å². The van der Waals surface area contributed by atoms with Gasteiger partial charge in [0.1, 0.15) is 16.6 Å². The summed E-state index contributed by atoms with van der Waals surface area (Å²) in [5.41, 5.74) is 1.15. The number of benzene rings is 2. The minimum Gasteiger partial charge on any atom is -0.444 e. The molecule has 1 aliphatic rings. The topological polar surface area (TPSA) is 87.3 Å². The second-order valence-corrected chi connectivity index (χ2v) is 7.86. The summed E-state index contributed by atoms with van der Waals surface area (Å²) in [7, 11) is 0. The number of ether oxygens (including phenoxy) is 2. The van der Waals surface area contributed by atoms with Crippen LogP contribution < -0.4 is 15.4 Å². The van der Waals surface area contributed by atoms with Crippen LogP contribution >= 0.6 is 0 Å². The Kier molecular flexibility index (Phi) is 6.66. The molecule has 3 rings (SSSR count). The molecule has 8 nitrogen and oxygen atoms in total. The maximum Gasteiger partial charge on any atom is 0.573 e. The van der Waals surface area contributed by atoms with Crippen LogP contribution in [0.3, 0.4) is 0 Å². The Morgan fingerprint density at radius 1 is 1.06 bits per heavy atom. The number of carbonyl (C=O) groups is 1. The van der Waals surface area contributed by atoms with Gasteiger partial charge in [-0.15, -0.1) is 17.9 Å². The average molecular weight is 450 g/mol. The van der Waals surface area contributed by atoms with Crippen LogP contribution in [0.25, 0.3) is 0 Å². The molecule has 2 aromatic rings. The van der Waals surface area contributed by atoms with Gasteiger partial charge in [-0.2, -0.15) is 0 Å². The zero-order valence-corrected chi connectivity index (χ0v) is 17.7. The summed E-state index contributed by atoms with van der Waals surface area (Å²) in [6, 6.07) is 12.1. The van der Waals surface area contributed by atoms with Gasteiger partial charge in [-0.25, -0.2) is 4.79 Å². The molecular formula is C21H23F3N5O3+. The van der Waals surface area contributed by atoms with Gasteiger partial charge in [0.25, 0.3) is 0 Å².